The van der Waals surface area contributed by atoms with Gasteiger partial charge in [-0.3, -0.25) is 0 Å². The predicted molar refractivity (Wildman–Crippen MR) is 70.5 cm³/mol. The molecule has 0 fully saturated rings. The minimum Gasteiger partial charge on any atom is -0.378 e. The highest BCUT2D eigenvalue weighted by molar-refractivity contribution is 5.19. The Bertz CT molecular complexity index is 248. The van der Waals surface area contributed by atoms with Crippen molar-refractivity contribution in [1.82, 2.24) is 0 Å². The summed E-state index contributed by atoms with van der Waals surface area (Å²) in [5, 5.41) is 0. The third kappa shape index (κ3) is 3.79. The standard InChI is InChI=1S/C15H26O/c1-5-14(6-2)13(4)16-11-15-10-8-7-9-12(15)3/h7-9,13-15H,5-6,10-11H2,1-4H3. The summed E-state index contributed by atoms with van der Waals surface area (Å²) in [6.45, 7) is 9.81. The molecule has 0 heterocycles. The summed E-state index contributed by atoms with van der Waals surface area (Å²) in [7, 11) is 0. The molecule has 2 unspecified atom stereocenters. The lowest BCUT2D eigenvalue weighted by Crippen LogP contribution is -2.23. The van der Waals surface area contributed by atoms with Crippen LogP contribution in [-0.4, -0.2) is 12.7 Å². The summed E-state index contributed by atoms with van der Waals surface area (Å²) in [5.74, 6) is 1.31. The summed E-state index contributed by atoms with van der Waals surface area (Å²) >= 11 is 0. The van der Waals surface area contributed by atoms with E-state index in [0.717, 1.165) is 13.0 Å². The lowest BCUT2D eigenvalue weighted by atomic mass is 9.93. The van der Waals surface area contributed by atoms with Crippen LogP contribution in [0.15, 0.2) is 23.8 Å². The molecule has 0 bridgehead atoms. The third-order valence-corrected chi connectivity index (χ3v) is 3.83. The average molecular weight is 222 g/mol. The smallest absolute Gasteiger partial charge is 0.0575 e. The van der Waals surface area contributed by atoms with Crippen LogP contribution in [0, 0.1) is 11.8 Å². The minimum atomic E-state index is 0.397. The molecule has 1 heteroatoms. The predicted octanol–water partition coefficient (Wildman–Crippen LogP) is 4.35. The molecule has 92 valence electrons. The van der Waals surface area contributed by atoms with Crippen molar-refractivity contribution in [2.75, 3.05) is 6.61 Å². The number of allylic oxidation sites excluding steroid dienone is 3. The third-order valence-electron chi connectivity index (χ3n) is 3.83. The van der Waals surface area contributed by atoms with Gasteiger partial charge in [-0.25, -0.2) is 0 Å². The van der Waals surface area contributed by atoms with Gasteiger partial charge in [0.05, 0.1) is 12.7 Å². The molecule has 0 saturated carbocycles. The Morgan fingerprint density at radius 3 is 2.62 bits per heavy atom. The first-order valence-electron chi connectivity index (χ1n) is 6.63. The zero-order valence-electron chi connectivity index (χ0n) is 11.2. The Kier molecular flexibility index (Phi) is 5.83. The Labute approximate surface area is 101 Å². The maximum atomic E-state index is 6.02. The van der Waals surface area contributed by atoms with Gasteiger partial charge in [0.15, 0.2) is 0 Å². The number of hydrogen-bond acceptors (Lipinski definition) is 1. The number of ether oxygens (including phenoxy) is 1. The summed E-state index contributed by atoms with van der Waals surface area (Å²) in [6.07, 6.45) is 10.6. The van der Waals surface area contributed by atoms with E-state index in [9.17, 15) is 0 Å². The van der Waals surface area contributed by atoms with Crippen molar-refractivity contribution in [2.24, 2.45) is 11.8 Å². The van der Waals surface area contributed by atoms with E-state index in [-0.39, 0.29) is 0 Å². The monoisotopic (exact) mass is 222 g/mol. The van der Waals surface area contributed by atoms with Gasteiger partial charge >= 0.3 is 0 Å². The average Bonchev–Trinajstić information content (AvgIpc) is 2.29. The van der Waals surface area contributed by atoms with Crippen LogP contribution in [0.3, 0.4) is 0 Å². The lowest BCUT2D eigenvalue weighted by molar-refractivity contribution is 0.00824. The Morgan fingerprint density at radius 2 is 2.06 bits per heavy atom. The van der Waals surface area contributed by atoms with E-state index in [0.29, 0.717) is 17.9 Å². The van der Waals surface area contributed by atoms with Crippen molar-refractivity contribution in [2.45, 2.75) is 53.1 Å². The molecule has 0 saturated heterocycles. The second-order valence-electron chi connectivity index (χ2n) is 4.89. The van der Waals surface area contributed by atoms with Gasteiger partial charge in [-0.1, -0.05) is 50.5 Å². The maximum absolute atomic E-state index is 6.02. The highest BCUT2D eigenvalue weighted by Gasteiger charge is 2.17. The highest BCUT2D eigenvalue weighted by Crippen LogP contribution is 2.23. The van der Waals surface area contributed by atoms with E-state index in [1.165, 1.54) is 18.4 Å². The van der Waals surface area contributed by atoms with Gasteiger partial charge < -0.3 is 4.74 Å². The van der Waals surface area contributed by atoms with Gasteiger partial charge in [-0.15, -0.1) is 0 Å². The molecule has 0 aromatic carbocycles. The van der Waals surface area contributed by atoms with Gasteiger partial charge in [0.25, 0.3) is 0 Å². The molecule has 0 aromatic heterocycles. The summed E-state index contributed by atoms with van der Waals surface area (Å²) in [6, 6.07) is 0. The maximum Gasteiger partial charge on any atom is 0.0575 e. The molecular formula is C15H26O. The normalized spacial score (nSPS) is 22.3. The molecule has 0 spiro atoms. The van der Waals surface area contributed by atoms with Crippen LogP contribution in [0.4, 0.5) is 0 Å². The topological polar surface area (TPSA) is 9.23 Å². The van der Waals surface area contributed by atoms with Crippen LogP contribution in [0.2, 0.25) is 0 Å². The minimum absolute atomic E-state index is 0.397. The first-order chi connectivity index (χ1) is 7.69. The van der Waals surface area contributed by atoms with Crippen molar-refractivity contribution in [3.05, 3.63) is 23.8 Å². The highest BCUT2D eigenvalue weighted by atomic mass is 16.5. The Morgan fingerprint density at radius 1 is 1.38 bits per heavy atom. The van der Waals surface area contributed by atoms with Crippen molar-refractivity contribution in [1.29, 1.82) is 0 Å². The molecule has 0 aliphatic heterocycles. The number of rotatable bonds is 6. The molecule has 16 heavy (non-hydrogen) atoms. The van der Waals surface area contributed by atoms with Crippen LogP contribution in [0.25, 0.3) is 0 Å². The molecule has 1 aliphatic rings. The molecule has 1 aliphatic carbocycles. The Balaban J connectivity index is 2.34. The second kappa shape index (κ2) is 6.90. The van der Waals surface area contributed by atoms with E-state index >= 15 is 0 Å². The molecule has 0 N–H and O–H groups in total. The van der Waals surface area contributed by atoms with Crippen LogP contribution in [0.1, 0.15) is 47.0 Å². The first-order valence-corrected chi connectivity index (χ1v) is 6.63. The largest absolute Gasteiger partial charge is 0.378 e. The van der Waals surface area contributed by atoms with Crippen LogP contribution < -0.4 is 0 Å². The van der Waals surface area contributed by atoms with Gasteiger partial charge in [-0.05, 0) is 26.2 Å². The quantitative estimate of drug-likeness (QED) is 0.649. The Hall–Kier alpha value is -0.560. The molecule has 1 rings (SSSR count). The van der Waals surface area contributed by atoms with Gasteiger partial charge in [0.2, 0.25) is 0 Å². The van der Waals surface area contributed by atoms with Crippen molar-refractivity contribution >= 4 is 0 Å². The molecular weight excluding hydrogens is 196 g/mol. The van der Waals surface area contributed by atoms with Crippen LogP contribution in [-0.2, 0) is 4.74 Å². The lowest BCUT2D eigenvalue weighted by Gasteiger charge is -2.25. The molecule has 1 nitrogen and oxygen atoms in total. The van der Waals surface area contributed by atoms with Crippen molar-refractivity contribution in [3.63, 3.8) is 0 Å². The molecule has 0 amide bonds. The fourth-order valence-electron chi connectivity index (χ4n) is 2.34. The molecule has 0 radical (unpaired) electrons. The molecule has 2 atom stereocenters. The zero-order chi connectivity index (χ0) is 12.0. The molecule has 0 aromatic rings. The first kappa shape index (κ1) is 13.5. The van der Waals surface area contributed by atoms with Crippen LogP contribution in [0.5, 0.6) is 0 Å². The van der Waals surface area contributed by atoms with Crippen LogP contribution >= 0.6 is 0 Å². The van der Waals surface area contributed by atoms with E-state index in [1.807, 2.05) is 0 Å². The summed E-state index contributed by atoms with van der Waals surface area (Å²) in [5.41, 5.74) is 1.46. The second-order valence-corrected chi connectivity index (χ2v) is 4.89. The number of hydrogen-bond donors (Lipinski definition) is 0. The SMILES string of the molecule is CCC(CC)C(C)OCC1CC=CC=C1C. The van der Waals surface area contributed by atoms with E-state index in [2.05, 4.69) is 45.9 Å². The van der Waals surface area contributed by atoms with Crippen molar-refractivity contribution in [3.8, 4) is 0 Å². The van der Waals surface area contributed by atoms with Gasteiger partial charge in [0, 0.05) is 5.92 Å². The van der Waals surface area contributed by atoms with Gasteiger partial charge in [0.1, 0.15) is 0 Å². The van der Waals surface area contributed by atoms with Gasteiger partial charge in [-0.2, -0.15) is 0 Å². The van der Waals surface area contributed by atoms with E-state index in [1.54, 1.807) is 0 Å². The summed E-state index contributed by atoms with van der Waals surface area (Å²) < 4.78 is 6.02. The summed E-state index contributed by atoms with van der Waals surface area (Å²) in [4.78, 5) is 0. The fraction of sp³-hybridized carbons (Fsp3) is 0.733. The zero-order valence-corrected chi connectivity index (χ0v) is 11.2. The van der Waals surface area contributed by atoms with E-state index < -0.39 is 0 Å². The fourth-order valence-corrected chi connectivity index (χ4v) is 2.34. The van der Waals surface area contributed by atoms with Crippen molar-refractivity contribution < 1.29 is 4.74 Å². The van der Waals surface area contributed by atoms with E-state index in [4.69, 9.17) is 4.74 Å².